The van der Waals surface area contributed by atoms with Crippen LogP contribution in [0.4, 0.5) is 0 Å². The second-order valence-electron chi connectivity index (χ2n) is 5.68. The van der Waals surface area contributed by atoms with Crippen molar-refractivity contribution in [3.63, 3.8) is 0 Å². The average molecular weight is 292 g/mol. The number of fused-ring (bicyclic) bond motifs is 2. The van der Waals surface area contributed by atoms with E-state index in [1.165, 1.54) is 18.2 Å². The largest absolute Gasteiger partial charge is 0.311 e. The Kier molecular flexibility index (Phi) is 3.92. The molecule has 2 aliphatic heterocycles. The van der Waals surface area contributed by atoms with Crippen LogP contribution in [0.3, 0.4) is 0 Å². The molecular weight excluding hydrogens is 272 g/mol. The standard InChI is InChI=1S/C15H20N2O2S/c18-20(19,9-8-12-4-2-1-3-5-12)17-15-10-13-6-7-14(11-15)16-13/h1-5,8-9,13-17H,6-7,10-11H2/b9-8+. The van der Waals surface area contributed by atoms with Crippen LogP contribution in [0.25, 0.3) is 6.08 Å². The summed E-state index contributed by atoms with van der Waals surface area (Å²) >= 11 is 0. The van der Waals surface area contributed by atoms with E-state index >= 15 is 0 Å². The molecule has 5 heteroatoms. The summed E-state index contributed by atoms with van der Waals surface area (Å²) in [6.45, 7) is 0. The van der Waals surface area contributed by atoms with E-state index in [1.54, 1.807) is 6.08 Å². The van der Waals surface area contributed by atoms with Crippen LogP contribution in [0.2, 0.25) is 0 Å². The van der Waals surface area contributed by atoms with Crippen LogP contribution in [0, 0.1) is 0 Å². The molecule has 2 atom stereocenters. The lowest BCUT2D eigenvalue weighted by Gasteiger charge is -2.29. The molecule has 2 saturated heterocycles. The van der Waals surface area contributed by atoms with Gasteiger partial charge in [0.25, 0.3) is 0 Å². The van der Waals surface area contributed by atoms with Gasteiger partial charge >= 0.3 is 0 Å². The third kappa shape index (κ3) is 3.48. The summed E-state index contributed by atoms with van der Waals surface area (Å²) in [5.41, 5.74) is 0.892. The van der Waals surface area contributed by atoms with Crippen LogP contribution >= 0.6 is 0 Å². The topological polar surface area (TPSA) is 58.2 Å². The predicted molar refractivity (Wildman–Crippen MR) is 80.5 cm³/mol. The van der Waals surface area contributed by atoms with E-state index in [0.717, 1.165) is 18.4 Å². The van der Waals surface area contributed by atoms with Gasteiger partial charge in [0.1, 0.15) is 0 Å². The summed E-state index contributed by atoms with van der Waals surface area (Å²) in [5.74, 6) is 0. The number of hydrogen-bond acceptors (Lipinski definition) is 3. The van der Waals surface area contributed by atoms with Crippen LogP contribution in [-0.2, 0) is 10.0 Å². The van der Waals surface area contributed by atoms with Gasteiger partial charge in [-0.1, -0.05) is 30.3 Å². The molecule has 20 heavy (non-hydrogen) atoms. The summed E-state index contributed by atoms with van der Waals surface area (Å²) in [6, 6.07) is 10.5. The van der Waals surface area contributed by atoms with Crippen molar-refractivity contribution in [1.82, 2.24) is 10.0 Å². The van der Waals surface area contributed by atoms with Crippen molar-refractivity contribution >= 4 is 16.1 Å². The number of rotatable bonds is 4. The Hall–Kier alpha value is -1.17. The van der Waals surface area contributed by atoms with Gasteiger partial charge < -0.3 is 5.32 Å². The minimum atomic E-state index is -3.36. The number of piperidine rings is 1. The van der Waals surface area contributed by atoms with Crippen molar-refractivity contribution in [2.75, 3.05) is 0 Å². The van der Waals surface area contributed by atoms with Gasteiger partial charge in [0.15, 0.2) is 0 Å². The van der Waals surface area contributed by atoms with Crippen LogP contribution in [0.15, 0.2) is 35.7 Å². The zero-order chi connectivity index (χ0) is 14.0. The molecule has 4 nitrogen and oxygen atoms in total. The van der Waals surface area contributed by atoms with Gasteiger partial charge in [-0.3, -0.25) is 0 Å². The minimum Gasteiger partial charge on any atom is -0.311 e. The van der Waals surface area contributed by atoms with Gasteiger partial charge in [0.2, 0.25) is 10.0 Å². The highest BCUT2D eigenvalue weighted by molar-refractivity contribution is 7.92. The van der Waals surface area contributed by atoms with Crippen molar-refractivity contribution in [2.45, 2.75) is 43.8 Å². The molecule has 0 saturated carbocycles. The van der Waals surface area contributed by atoms with Crippen molar-refractivity contribution < 1.29 is 8.42 Å². The Bertz CT molecular complexity index is 571. The molecule has 3 rings (SSSR count). The molecule has 0 aromatic heterocycles. The molecule has 1 aromatic carbocycles. The fourth-order valence-corrected chi connectivity index (χ4v) is 4.23. The molecule has 0 spiro atoms. The van der Waals surface area contributed by atoms with Gasteiger partial charge in [-0.2, -0.15) is 0 Å². The highest BCUT2D eigenvalue weighted by atomic mass is 32.2. The van der Waals surface area contributed by atoms with E-state index in [-0.39, 0.29) is 6.04 Å². The molecule has 108 valence electrons. The maximum atomic E-state index is 12.1. The maximum Gasteiger partial charge on any atom is 0.233 e. The summed E-state index contributed by atoms with van der Waals surface area (Å²) in [4.78, 5) is 0. The summed E-state index contributed by atoms with van der Waals surface area (Å²) in [7, 11) is -3.36. The van der Waals surface area contributed by atoms with Gasteiger partial charge in [0, 0.05) is 23.5 Å². The number of benzene rings is 1. The lowest BCUT2D eigenvalue weighted by atomic mass is 10.0. The molecule has 2 bridgehead atoms. The third-order valence-corrected chi connectivity index (χ3v) is 5.20. The molecule has 2 fully saturated rings. The van der Waals surface area contributed by atoms with Crippen molar-refractivity contribution in [3.8, 4) is 0 Å². The van der Waals surface area contributed by atoms with Crippen LogP contribution in [-0.4, -0.2) is 26.5 Å². The van der Waals surface area contributed by atoms with Crippen molar-refractivity contribution in [1.29, 1.82) is 0 Å². The Morgan fingerprint density at radius 1 is 1.10 bits per heavy atom. The zero-order valence-electron chi connectivity index (χ0n) is 11.3. The average Bonchev–Trinajstić information content (AvgIpc) is 2.77. The van der Waals surface area contributed by atoms with Gasteiger partial charge in [-0.15, -0.1) is 0 Å². The minimum absolute atomic E-state index is 0.0687. The summed E-state index contributed by atoms with van der Waals surface area (Å²) in [5, 5.41) is 4.78. The van der Waals surface area contributed by atoms with E-state index < -0.39 is 10.0 Å². The lowest BCUT2D eigenvalue weighted by Crippen LogP contribution is -2.47. The Labute approximate surface area is 120 Å². The first kappa shape index (κ1) is 13.8. The normalized spacial score (nSPS) is 29.9. The Morgan fingerprint density at radius 3 is 2.40 bits per heavy atom. The Balaban J connectivity index is 1.63. The first-order chi connectivity index (χ1) is 9.61. The molecular formula is C15H20N2O2S. The molecule has 0 radical (unpaired) electrons. The second-order valence-corrected chi connectivity index (χ2v) is 7.28. The van der Waals surface area contributed by atoms with Gasteiger partial charge in [0.05, 0.1) is 0 Å². The lowest BCUT2D eigenvalue weighted by molar-refractivity contribution is 0.346. The smallest absolute Gasteiger partial charge is 0.233 e. The van der Waals surface area contributed by atoms with E-state index in [2.05, 4.69) is 10.0 Å². The molecule has 2 unspecified atom stereocenters. The molecule has 0 amide bonds. The van der Waals surface area contributed by atoms with Crippen LogP contribution in [0.1, 0.15) is 31.2 Å². The van der Waals surface area contributed by atoms with Gasteiger partial charge in [-0.05, 0) is 37.3 Å². The molecule has 2 heterocycles. The van der Waals surface area contributed by atoms with E-state index in [9.17, 15) is 8.42 Å². The van der Waals surface area contributed by atoms with E-state index in [0.29, 0.717) is 12.1 Å². The third-order valence-electron chi connectivity index (χ3n) is 4.04. The number of nitrogens with one attached hydrogen (secondary N) is 2. The molecule has 2 N–H and O–H groups in total. The molecule has 2 aliphatic rings. The van der Waals surface area contributed by atoms with Crippen molar-refractivity contribution in [2.24, 2.45) is 0 Å². The Morgan fingerprint density at radius 2 is 1.75 bits per heavy atom. The van der Waals surface area contributed by atoms with Crippen LogP contribution < -0.4 is 10.0 Å². The van der Waals surface area contributed by atoms with E-state index in [1.807, 2.05) is 30.3 Å². The van der Waals surface area contributed by atoms with Gasteiger partial charge in [-0.25, -0.2) is 13.1 Å². The molecule has 0 aliphatic carbocycles. The SMILES string of the molecule is O=S(=O)(/C=C/c1ccccc1)NC1CC2CCC(C1)N2. The molecule has 1 aromatic rings. The fraction of sp³-hybridized carbons (Fsp3) is 0.467. The monoisotopic (exact) mass is 292 g/mol. The summed E-state index contributed by atoms with van der Waals surface area (Å²) < 4.78 is 27.0. The quantitative estimate of drug-likeness (QED) is 0.890. The predicted octanol–water partition coefficient (Wildman–Crippen LogP) is 1.86. The highest BCUT2D eigenvalue weighted by Crippen LogP contribution is 2.27. The second kappa shape index (κ2) is 5.68. The van der Waals surface area contributed by atoms with Crippen molar-refractivity contribution in [3.05, 3.63) is 41.3 Å². The summed E-state index contributed by atoms with van der Waals surface area (Å²) in [6.07, 6.45) is 5.77. The van der Waals surface area contributed by atoms with Crippen LogP contribution in [0.5, 0.6) is 0 Å². The first-order valence-electron chi connectivity index (χ1n) is 7.12. The maximum absolute atomic E-state index is 12.1. The number of hydrogen-bond donors (Lipinski definition) is 2. The van der Waals surface area contributed by atoms with E-state index in [4.69, 9.17) is 0 Å². The zero-order valence-corrected chi connectivity index (χ0v) is 12.1. The fourth-order valence-electron chi connectivity index (χ4n) is 3.16. The highest BCUT2D eigenvalue weighted by Gasteiger charge is 2.34. The number of sulfonamides is 1. The first-order valence-corrected chi connectivity index (χ1v) is 8.67.